The van der Waals surface area contributed by atoms with Crippen molar-refractivity contribution in [3.05, 3.63) is 0 Å². The zero-order valence-corrected chi connectivity index (χ0v) is 11.3. The quantitative estimate of drug-likeness (QED) is 0.579. The summed E-state index contributed by atoms with van der Waals surface area (Å²) in [6.45, 7) is 9.54. The van der Waals surface area contributed by atoms with Crippen molar-refractivity contribution >= 4 is 0 Å². The topological polar surface area (TPSA) is 0 Å². The second-order valence-corrected chi connectivity index (χ2v) is 6.28. The van der Waals surface area contributed by atoms with E-state index >= 15 is 0 Å². The van der Waals surface area contributed by atoms with Crippen LogP contribution in [0.3, 0.4) is 0 Å². The first-order valence-electron chi connectivity index (χ1n) is 7.11. The van der Waals surface area contributed by atoms with Crippen LogP contribution in [0.4, 0.5) is 0 Å². The maximum atomic E-state index is 2.42. The van der Waals surface area contributed by atoms with E-state index in [1.807, 2.05) is 0 Å². The Morgan fingerprint density at radius 2 is 1.67 bits per heavy atom. The van der Waals surface area contributed by atoms with Crippen molar-refractivity contribution in [2.45, 2.75) is 72.6 Å². The third-order valence-corrected chi connectivity index (χ3v) is 4.18. The molecule has 1 rings (SSSR count). The molecule has 0 heteroatoms. The molecule has 1 saturated carbocycles. The van der Waals surface area contributed by atoms with E-state index in [0.717, 1.165) is 23.7 Å². The first-order valence-corrected chi connectivity index (χ1v) is 7.11. The van der Waals surface area contributed by atoms with Crippen LogP contribution in [0.25, 0.3) is 0 Å². The average molecular weight is 210 g/mol. The molecule has 0 aliphatic heterocycles. The van der Waals surface area contributed by atoms with E-state index in [4.69, 9.17) is 0 Å². The van der Waals surface area contributed by atoms with Gasteiger partial charge in [-0.15, -0.1) is 0 Å². The molecule has 15 heavy (non-hydrogen) atoms. The molecule has 0 radical (unpaired) electrons. The molecule has 0 N–H and O–H groups in total. The summed E-state index contributed by atoms with van der Waals surface area (Å²) >= 11 is 0. The zero-order valence-electron chi connectivity index (χ0n) is 11.3. The van der Waals surface area contributed by atoms with Crippen LogP contribution < -0.4 is 0 Å². The van der Waals surface area contributed by atoms with Gasteiger partial charge in [-0.05, 0) is 30.1 Å². The van der Waals surface area contributed by atoms with Crippen LogP contribution in [0, 0.1) is 23.7 Å². The van der Waals surface area contributed by atoms with Crippen molar-refractivity contribution in [3.63, 3.8) is 0 Å². The zero-order chi connectivity index (χ0) is 11.3. The van der Waals surface area contributed by atoms with Gasteiger partial charge in [-0.3, -0.25) is 0 Å². The van der Waals surface area contributed by atoms with Gasteiger partial charge in [0.25, 0.3) is 0 Å². The summed E-state index contributed by atoms with van der Waals surface area (Å²) in [7, 11) is 0. The smallest absolute Gasteiger partial charge is 0.0363 e. The minimum atomic E-state index is 0.895. The fourth-order valence-corrected chi connectivity index (χ4v) is 3.26. The minimum absolute atomic E-state index is 0.895. The molecule has 0 aromatic carbocycles. The van der Waals surface area contributed by atoms with Crippen molar-refractivity contribution in [2.24, 2.45) is 23.7 Å². The Balaban J connectivity index is 2.29. The fourth-order valence-electron chi connectivity index (χ4n) is 3.26. The SMILES string of the molecule is CC(C)CCCC1CCCCC1C(C)C. The van der Waals surface area contributed by atoms with Crippen LogP contribution in [0.2, 0.25) is 0 Å². The van der Waals surface area contributed by atoms with Crippen LogP contribution in [0.15, 0.2) is 0 Å². The Labute approximate surface area is 96.8 Å². The lowest BCUT2D eigenvalue weighted by molar-refractivity contribution is 0.166. The van der Waals surface area contributed by atoms with E-state index in [1.54, 1.807) is 0 Å². The third kappa shape index (κ3) is 4.57. The molecule has 0 heterocycles. The van der Waals surface area contributed by atoms with Crippen molar-refractivity contribution < 1.29 is 0 Å². The van der Waals surface area contributed by atoms with Gasteiger partial charge >= 0.3 is 0 Å². The van der Waals surface area contributed by atoms with Gasteiger partial charge in [0, 0.05) is 0 Å². The molecule has 0 nitrogen and oxygen atoms in total. The molecular weight excluding hydrogens is 180 g/mol. The Morgan fingerprint density at radius 1 is 1.00 bits per heavy atom. The molecule has 0 spiro atoms. The Kier molecular flexibility index (Phi) is 5.71. The van der Waals surface area contributed by atoms with Crippen LogP contribution in [0.1, 0.15) is 72.6 Å². The Hall–Kier alpha value is 0. The van der Waals surface area contributed by atoms with E-state index in [0.29, 0.717) is 0 Å². The summed E-state index contributed by atoms with van der Waals surface area (Å²) in [6, 6.07) is 0. The Bertz CT molecular complexity index is 157. The Morgan fingerprint density at radius 3 is 2.27 bits per heavy atom. The maximum Gasteiger partial charge on any atom is -0.0363 e. The van der Waals surface area contributed by atoms with Gasteiger partial charge in [0.2, 0.25) is 0 Å². The number of hydrogen-bond acceptors (Lipinski definition) is 0. The maximum absolute atomic E-state index is 2.42. The van der Waals surface area contributed by atoms with Gasteiger partial charge in [-0.25, -0.2) is 0 Å². The fraction of sp³-hybridized carbons (Fsp3) is 1.00. The molecule has 1 fully saturated rings. The molecule has 0 amide bonds. The normalized spacial score (nSPS) is 27.6. The standard InChI is InChI=1S/C15H30/c1-12(2)8-7-10-14-9-5-6-11-15(14)13(3)4/h12-15H,5-11H2,1-4H3. The van der Waals surface area contributed by atoms with Gasteiger partial charge in [0.15, 0.2) is 0 Å². The highest BCUT2D eigenvalue weighted by Crippen LogP contribution is 2.38. The number of rotatable bonds is 5. The van der Waals surface area contributed by atoms with Crippen LogP contribution in [0.5, 0.6) is 0 Å². The predicted molar refractivity (Wildman–Crippen MR) is 69.0 cm³/mol. The van der Waals surface area contributed by atoms with Crippen LogP contribution in [-0.4, -0.2) is 0 Å². The highest BCUT2D eigenvalue weighted by molar-refractivity contribution is 4.77. The van der Waals surface area contributed by atoms with Gasteiger partial charge in [0.1, 0.15) is 0 Å². The van der Waals surface area contributed by atoms with Gasteiger partial charge in [-0.1, -0.05) is 66.2 Å². The molecule has 0 bridgehead atoms. The summed E-state index contributed by atoms with van der Waals surface area (Å²) in [4.78, 5) is 0. The van der Waals surface area contributed by atoms with Crippen molar-refractivity contribution in [2.75, 3.05) is 0 Å². The van der Waals surface area contributed by atoms with E-state index in [9.17, 15) is 0 Å². The van der Waals surface area contributed by atoms with Crippen molar-refractivity contribution in [3.8, 4) is 0 Å². The first kappa shape index (κ1) is 13.1. The molecule has 1 aliphatic rings. The molecule has 0 aromatic heterocycles. The molecular formula is C15H30. The lowest BCUT2D eigenvalue weighted by atomic mass is 9.71. The second-order valence-electron chi connectivity index (χ2n) is 6.28. The average Bonchev–Trinajstić information content (AvgIpc) is 2.17. The highest BCUT2D eigenvalue weighted by atomic mass is 14.3. The molecule has 0 saturated heterocycles. The lowest BCUT2D eigenvalue weighted by Gasteiger charge is -2.34. The molecule has 1 aliphatic carbocycles. The molecule has 2 atom stereocenters. The summed E-state index contributed by atoms with van der Waals surface area (Å²) in [5, 5.41) is 0. The third-order valence-electron chi connectivity index (χ3n) is 4.18. The van der Waals surface area contributed by atoms with E-state index in [1.165, 1.54) is 44.9 Å². The van der Waals surface area contributed by atoms with E-state index in [2.05, 4.69) is 27.7 Å². The second kappa shape index (κ2) is 6.55. The van der Waals surface area contributed by atoms with E-state index in [-0.39, 0.29) is 0 Å². The highest BCUT2D eigenvalue weighted by Gasteiger charge is 2.26. The largest absolute Gasteiger partial charge is 0.0628 e. The van der Waals surface area contributed by atoms with Gasteiger partial charge in [-0.2, -0.15) is 0 Å². The summed E-state index contributed by atoms with van der Waals surface area (Å²) in [5.41, 5.74) is 0. The minimum Gasteiger partial charge on any atom is -0.0628 e. The summed E-state index contributed by atoms with van der Waals surface area (Å²) < 4.78 is 0. The van der Waals surface area contributed by atoms with Gasteiger partial charge < -0.3 is 0 Å². The predicted octanol–water partition coefficient (Wildman–Crippen LogP) is 5.28. The summed E-state index contributed by atoms with van der Waals surface area (Å²) in [5.74, 6) is 3.89. The summed E-state index contributed by atoms with van der Waals surface area (Å²) in [6.07, 6.45) is 10.4. The first-order chi connectivity index (χ1) is 7.11. The van der Waals surface area contributed by atoms with Crippen molar-refractivity contribution in [1.29, 1.82) is 0 Å². The van der Waals surface area contributed by atoms with Crippen molar-refractivity contribution in [1.82, 2.24) is 0 Å². The molecule has 2 unspecified atom stereocenters. The van der Waals surface area contributed by atoms with Crippen LogP contribution in [-0.2, 0) is 0 Å². The van der Waals surface area contributed by atoms with E-state index < -0.39 is 0 Å². The lowest BCUT2D eigenvalue weighted by Crippen LogP contribution is -2.24. The molecule has 0 aromatic rings. The van der Waals surface area contributed by atoms with Crippen LogP contribution >= 0.6 is 0 Å². The number of hydrogen-bond donors (Lipinski definition) is 0. The van der Waals surface area contributed by atoms with Gasteiger partial charge in [0.05, 0.1) is 0 Å². The monoisotopic (exact) mass is 210 g/mol. The molecule has 90 valence electrons.